The van der Waals surface area contributed by atoms with Crippen LogP contribution in [0.25, 0.3) is 0 Å². The van der Waals surface area contributed by atoms with Crippen molar-refractivity contribution in [2.24, 2.45) is 17.6 Å². The number of carbonyl (C=O) groups is 1. The van der Waals surface area contributed by atoms with E-state index in [9.17, 15) is 4.79 Å². The lowest BCUT2D eigenvalue weighted by molar-refractivity contribution is -0.149. The lowest BCUT2D eigenvalue weighted by Gasteiger charge is -2.16. The molecule has 0 aromatic carbocycles. The number of unbranched alkanes of at least 4 members (excludes halogenated alkanes) is 2. The van der Waals surface area contributed by atoms with Crippen LogP contribution >= 0.6 is 0 Å². The van der Waals surface area contributed by atoms with Gasteiger partial charge in [0, 0.05) is 0 Å². The SMILES string of the molecule is CCCCCOC(=O)C1CCCC1CN. The van der Waals surface area contributed by atoms with Crippen LogP contribution in [0.15, 0.2) is 0 Å². The van der Waals surface area contributed by atoms with Crippen molar-refractivity contribution in [3.8, 4) is 0 Å². The summed E-state index contributed by atoms with van der Waals surface area (Å²) in [5.41, 5.74) is 5.63. The van der Waals surface area contributed by atoms with Gasteiger partial charge in [-0.1, -0.05) is 26.2 Å². The van der Waals surface area contributed by atoms with Crippen LogP contribution < -0.4 is 5.73 Å². The average molecular weight is 213 g/mol. The summed E-state index contributed by atoms with van der Waals surface area (Å²) in [4.78, 5) is 11.7. The van der Waals surface area contributed by atoms with E-state index in [1.165, 1.54) is 0 Å². The molecule has 0 amide bonds. The monoisotopic (exact) mass is 213 g/mol. The fraction of sp³-hybridized carbons (Fsp3) is 0.917. The van der Waals surface area contributed by atoms with Crippen molar-refractivity contribution in [1.82, 2.24) is 0 Å². The minimum absolute atomic E-state index is 0.0148. The van der Waals surface area contributed by atoms with Gasteiger partial charge in [-0.15, -0.1) is 0 Å². The third-order valence-electron chi connectivity index (χ3n) is 3.26. The molecular weight excluding hydrogens is 190 g/mol. The highest BCUT2D eigenvalue weighted by Crippen LogP contribution is 2.31. The normalized spacial score (nSPS) is 25.5. The Morgan fingerprint density at radius 3 is 2.87 bits per heavy atom. The van der Waals surface area contributed by atoms with Gasteiger partial charge < -0.3 is 10.5 Å². The maximum absolute atomic E-state index is 11.7. The summed E-state index contributed by atoms with van der Waals surface area (Å²) in [6.45, 7) is 3.35. The molecule has 1 fully saturated rings. The number of nitrogens with two attached hydrogens (primary N) is 1. The molecule has 0 bridgehead atoms. The van der Waals surface area contributed by atoms with E-state index in [2.05, 4.69) is 6.92 Å². The third kappa shape index (κ3) is 3.82. The van der Waals surface area contributed by atoms with E-state index in [1.807, 2.05) is 0 Å². The number of esters is 1. The Labute approximate surface area is 92.4 Å². The Kier molecular flexibility index (Phi) is 5.69. The van der Waals surface area contributed by atoms with Gasteiger partial charge in [-0.3, -0.25) is 4.79 Å². The maximum atomic E-state index is 11.7. The highest BCUT2D eigenvalue weighted by Gasteiger charge is 2.32. The molecule has 1 rings (SSSR count). The maximum Gasteiger partial charge on any atom is 0.309 e. The molecule has 2 atom stereocenters. The van der Waals surface area contributed by atoms with E-state index in [0.29, 0.717) is 19.1 Å². The molecule has 0 saturated heterocycles. The summed E-state index contributed by atoms with van der Waals surface area (Å²) in [7, 11) is 0. The summed E-state index contributed by atoms with van der Waals surface area (Å²) >= 11 is 0. The molecular formula is C12H23NO2. The second-order valence-electron chi connectivity index (χ2n) is 4.41. The fourth-order valence-electron chi connectivity index (χ4n) is 2.26. The Morgan fingerprint density at radius 2 is 2.20 bits per heavy atom. The van der Waals surface area contributed by atoms with Gasteiger partial charge in [-0.05, 0) is 31.7 Å². The molecule has 88 valence electrons. The predicted octanol–water partition coefficient (Wildman–Crippen LogP) is 2.09. The quantitative estimate of drug-likeness (QED) is 0.543. The first kappa shape index (κ1) is 12.5. The Hall–Kier alpha value is -0.570. The molecule has 2 unspecified atom stereocenters. The zero-order valence-electron chi connectivity index (χ0n) is 9.71. The van der Waals surface area contributed by atoms with E-state index >= 15 is 0 Å². The zero-order valence-corrected chi connectivity index (χ0v) is 9.71. The first-order valence-electron chi connectivity index (χ1n) is 6.16. The largest absolute Gasteiger partial charge is 0.465 e. The first-order chi connectivity index (χ1) is 7.29. The number of hydrogen-bond acceptors (Lipinski definition) is 3. The van der Waals surface area contributed by atoms with Crippen LogP contribution in [0.1, 0.15) is 45.4 Å². The molecule has 1 aliphatic rings. The minimum Gasteiger partial charge on any atom is -0.465 e. The van der Waals surface area contributed by atoms with Crippen molar-refractivity contribution in [2.45, 2.75) is 45.4 Å². The van der Waals surface area contributed by atoms with Gasteiger partial charge in [0.05, 0.1) is 12.5 Å². The molecule has 3 nitrogen and oxygen atoms in total. The lowest BCUT2D eigenvalue weighted by Crippen LogP contribution is -2.26. The summed E-state index contributed by atoms with van der Waals surface area (Å²) in [6, 6.07) is 0. The van der Waals surface area contributed by atoms with Crippen LogP contribution in [0.3, 0.4) is 0 Å². The van der Waals surface area contributed by atoms with Crippen LogP contribution in [-0.4, -0.2) is 19.1 Å². The molecule has 1 aliphatic carbocycles. The minimum atomic E-state index is -0.0148. The predicted molar refractivity (Wildman–Crippen MR) is 60.4 cm³/mol. The van der Waals surface area contributed by atoms with Gasteiger partial charge >= 0.3 is 5.97 Å². The Bertz CT molecular complexity index is 194. The number of hydrogen-bond donors (Lipinski definition) is 1. The highest BCUT2D eigenvalue weighted by atomic mass is 16.5. The van der Waals surface area contributed by atoms with Gasteiger partial charge in [0.2, 0.25) is 0 Å². The molecule has 0 aromatic rings. The van der Waals surface area contributed by atoms with Crippen LogP contribution in [0.5, 0.6) is 0 Å². The van der Waals surface area contributed by atoms with Gasteiger partial charge in [-0.25, -0.2) is 0 Å². The Balaban J connectivity index is 2.21. The van der Waals surface area contributed by atoms with Gasteiger partial charge in [-0.2, -0.15) is 0 Å². The van der Waals surface area contributed by atoms with Crippen molar-refractivity contribution >= 4 is 5.97 Å². The van der Waals surface area contributed by atoms with E-state index in [4.69, 9.17) is 10.5 Å². The van der Waals surface area contributed by atoms with Crippen molar-refractivity contribution in [2.75, 3.05) is 13.2 Å². The summed E-state index contributed by atoms with van der Waals surface area (Å²) in [6.07, 6.45) is 6.46. The number of rotatable bonds is 6. The second kappa shape index (κ2) is 6.83. The topological polar surface area (TPSA) is 52.3 Å². The highest BCUT2D eigenvalue weighted by molar-refractivity contribution is 5.73. The van der Waals surface area contributed by atoms with E-state index < -0.39 is 0 Å². The van der Waals surface area contributed by atoms with E-state index in [-0.39, 0.29) is 11.9 Å². The van der Waals surface area contributed by atoms with Crippen LogP contribution in [0, 0.1) is 11.8 Å². The van der Waals surface area contributed by atoms with Crippen LogP contribution in [-0.2, 0) is 9.53 Å². The Morgan fingerprint density at radius 1 is 1.40 bits per heavy atom. The van der Waals surface area contributed by atoms with Crippen LogP contribution in [0.2, 0.25) is 0 Å². The average Bonchev–Trinajstić information content (AvgIpc) is 2.72. The van der Waals surface area contributed by atoms with Crippen molar-refractivity contribution in [3.05, 3.63) is 0 Å². The van der Waals surface area contributed by atoms with Crippen molar-refractivity contribution in [1.29, 1.82) is 0 Å². The fourth-order valence-corrected chi connectivity index (χ4v) is 2.26. The lowest BCUT2D eigenvalue weighted by atomic mass is 9.96. The standard InChI is InChI=1S/C12H23NO2/c1-2-3-4-8-15-12(14)11-7-5-6-10(11)9-13/h10-11H,2-9,13H2,1H3. The molecule has 0 spiro atoms. The zero-order chi connectivity index (χ0) is 11.1. The van der Waals surface area contributed by atoms with Crippen LogP contribution in [0.4, 0.5) is 0 Å². The van der Waals surface area contributed by atoms with E-state index in [0.717, 1.165) is 38.5 Å². The number of carbonyl (C=O) groups excluding carboxylic acids is 1. The van der Waals surface area contributed by atoms with Crippen molar-refractivity contribution in [3.63, 3.8) is 0 Å². The molecule has 0 heterocycles. The molecule has 0 radical (unpaired) electrons. The molecule has 0 aromatic heterocycles. The summed E-state index contributed by atoms with van der Waals surface area (Å²) in [5.74, 6) is 0.430. The molecule has 15 heavy (non-hydrogen) atoms. The number of ether oxygens (including phenoxy) is 1. The van der Waals surface area contributed by atoms with Gasteiger partial charge in [0.1, 0.15) is 0 Å². The summed E-state index contributed by atoms with van der Waals surface area (Å²) in [5, 5.41) is 0. The van der Waals surface area contributed by atoms with E-state index in [1.54, 1.807) is 0 Å². The second-order valence-corrected chi connectivity index (χ2v) is 4.41. The first-order valence-corrected chi connectivity index (χ1v) is 6.16. The summed E-state index contributed by atoms with van der Waals surface area (Å²) < 4.78 is 5.27. The van der Waals surface area contributed by atoms with Crippen molar-refractivity contribution < 1.29 is 9.53 Å². The smallest absolute Gasteiger partial charge is 0.309 e. The molecule has 2 N–H and O–H groups in total. The van der Waals surface area contributed by atoms with Gasteiger partial charge in [0.25, 0.3) is 0 Å². The van der Waals surface area contributed by atoms with Gasteiger partial charge in [0.15, 0.2) is 0 Å². The molecule has 0 aliphatic heterocycles. The molecule has 1 saturated carbocycles. The molecule has 3 heteroatoms. The third-order valence-corrected chi connectivity index (χ3v) is 3.26.